The second kappa shape index (κ2) is 12.8. The second-order valence-electron chi connectivity index (χ2n) is 9.02. The van der Waals surface area contributed by atoms with Crippen LogP contribution in [0.2, 0.25) is 0 Å². The highest BCUT2D eigenvalue weighted by atomic mass is 16.7. The molecule has 3 amide bonds. The third-order valence-corrected chi connectivity index (χ3v) is 6.44. The van der Waals surface area contributed by atoms with E-state index in [0.29, 0.717) is 18.0 Å². The molecule has 3 aromatic carbocycles. The van der Waals surface area contributed by atoms with Crippen molar-refractivity contribution in [2.45, 2.75) is 37.6 Å². The zero-order chi connectivity index (χ0) is 26.8. The summed E-state index contributed by atoms with van der Waals surface area (Å²) in [6, 6.07) is 30.4. The van der Waals surface area contributed by atoms with E-state index in [0.717, 1.165) is 16.7 Å². The standard InChI is InChI=1S/C30H31N3O5/c34-26(31-21-10-17-29(37)38-33-27(35)18-19-28(33)36)20-22-32-30(23-11-4-1-5-12-23,24-13-6-2-7-14-24)25-15-8-3-9-16-25/h1-9,11-16,32H,10,17-22H2,(H,31,34). The van der Waals surface area contributed by atoms with Gasteiger partial charge in [0.15, 0.2) is 0 Å². The van der Waals surface area contributed by atoms with Crippen LogP contribution in [0, 0.1) is 0 Å². The molecule has 196 valence electrons. The molecule has 8 heteroatoms. The maximum atomic E-state index is 12.6. The lowest BCUT2D eigenvalue weighted by molar-refractivity contribution is -0.197. The van der Waals surface area contributed by atoms with Crippen LogP contribution in [0.25, 0.3) is 0 Å². The zero-order valence-corrected chi connectivity index (χ0v) is 21.1. The van der Waals surface area contributed by atoms with Crippen LogP contribution in [0.5, 0.6) is 0 Å². The molecule has 0 bridgehead atoms. The molecular formula is C30H31N3O5. The average molecular weight is 514 g/mol. The molecule has 0 unspecified atom stereocenters. The quantitative estimate of drug-likeness (QED) is 0.218. The summed E-state index contributed by atoms with van der Waals surface area (Å²) < 4.78 is 0. The van der Waals surface area contributed by atoms with Crippen molar-refractivity contribution in [3.8, 4) is 0 Å². The molecule has 0 aliphatic carbocycles. The first-order valence-corrected chi connectivity index (χ1v) is 12.8. The zero-order valence-electron chi connectivity index (χ0n) is 21.1. The predicted octanol–water partition coefficient (Wildman–Crippen LogP) is 3.46. The molecule has 8 nitrogen and oxygen atoms in total. The Labute approximate surface area is 221 Å². The van der Waals surface area contributed by atoms with Crippen molar-refractivity contribution in [3.63, 3.8) is 0 Å². The lowest BCUT2D eigenvalue weighted by Gasteiger charge is -2.37. The van der Waals surface area contributed by atoms with Crippen molar-refractivity contribution in [2.75, 3.05) is 13.1 Å². The SMILES string of the molecule is O=C(CCNC(c1ccccc1)(c1ccccc1)c1ccccc1)NCCCC(=O)ON1C(=O)CCC1=O. The third-order valence-electron chi connectivity index (χ3n) is 6.44. The van der Waals surface area contributed by atoms with Crippen LogP contribution in [-0.4, -0.2) is 41.8 Å². The number of hydroxylamine groups is 2. The number of nitrogens with zero attached hydrogens (tertiary/aromatic N) is 1. The molecule has 38 heavy (non-hydrogen) atoms. The normalized spacial score (nSPS) is 13.4. The number of rotatable bonds is 12. The van der Waals surface area contributed by atoms with Crippen LogP contribution in [0.3, 0.4) is 0 Å². The van der Waals surface area contributed by atoms with Crippen molar-refractivity contribution in [1.82, 2.24) is 15.7 Å². The Bertz CT molecular complexity index is 1140. The lowest BCUT2D eigenvalue weighted by atomic mass is 9.77. The number of hydrogen-bond acceptors (Lipinski definition) is 6. The maximum Gasteiger partial charge on any atom is 0.333 e. The monoisotopic (exact) mass is 513 g/mol. The highest BCUT2D eigenvalue weighted by Crippen LogP contribution is 2.36. The number of benzene rings is 3. The van der Waals surface area contributed by atoms with Crippen LogP contribution < -0.4 is 10.6 Å². The predicted molar refractivity (Wildman–Crippen MR) is 141 cm³/mol. The van der Waals surface area contributed by atoms with Gasteiger partial charge in [-0.2, -0.15) is 0 Å². The van der Waals surface area contributed by atoms with E-state index in [-0.39, 0.29) is 38.1 Å². The molecule has 0 radical (unpaired) electrons. The first-order chi connectivity index (χ1) is 18.5. The summed E-state index contributed by atoms with van der Waals surface area (Å²) in [4.78, 5) is 52.5. The van der Waals surface area contributed by atoms with Crippen LogP contribution >= 0.6 is 0 Å². The summed E-state index contributed by atoms with van der Waals surface area (Å²) in [5, 5.41) is 7.02. The van der Waals surface area contributed by atoms with Gasteiger partial charge in [-0.05, 0) is 23.1 Å². The molecule has 2 N–H and O–H groups in total. The fraction of sp³-hybridized carbons (Fsp3) is 0.267. The van der Waals surface area contributed by atoms with Gasteiger partial charge in [-0.1, -0.05) is 91.0 Å². The molecular weight excluding hydrogens is 482 g/mol. The topological polar surface area (TPSA) is 105 Å². The van der Waals surface area contributed by atoms with E-state index in [1.54, 1.807) is 0 Å². The van der Waals surface area contributed by atoms with Gasteiger partial charge in [-0.25, -0.2) is 4.79 Å². The Morgan fingerprint density at radius 2 is 1.18 bits per heavy atom. The number of carbonyl (C=O) groups excluding carboxylic acids is 4. The van der Waals surface area contributed by atoms with Crippen molar-refractivity contribution in [1.29, 1.82) is 0 Å². The van der Waals surface area contributed by atoms with Crippen molar-refractivity contribution < 1.29 is 24.0 Å². The van der Waals surface area contributed by atoms with Gasteiger partial charge in [0.05, 0.1) is 5.54 Å². The fourth-order valence-corrected chi connectivity index (χ4v) is 4.59. The molecule has 1 fully saturated rings. The number of hydrogen-bond donors (Lipinski definition) is 2. The Hall–Kier alpha value is -4.30. The van der Waals surface area contributed by atoms with Crippen LogP contribution in [-0.2, 0) is 29.6 Å². The summed E-state index contributed by atoms with van der Waals surface area (Å²) in [6.07, 6.45) is 0.646. The number of carbonyl (C=O) groups is 4. The molecule has 1 heterocycles. The molecule has 3 aromatic rings. The van der Waals surface area contributed by atoms with Gasteiger partial charge in [-0.3, -0.25) is 19.7 Å². The largest absolute Gasteiger partial charge is 0.356 e. The smallest absolute Gasteiger partial charge is 0.333 e. The van der Waals surface area contributed by atoms with Gasteiger partial charge in [-0.15, -0.1) is 5.06 Å². The summed E-state index contributed by atoms with van der Waals surface area (Å²) in [7, 11) is 0. The molecule has 1 aliphatic heterocycles. The van der Waals surface area contributed by atoms with Crippen LogP contribution in [0.4, 0.5) is 0 Å². The molecule has 1 saturated heterocycles. The van der Waals surface area contributed by atoms with E-state index in [1.165, 1.54) is 0 Å². The fourth-order valence-electron chi connectivity index (χ4n) is 4.59. The maximum absolute atomic E-state index is 12.6. The first-order valence-electron chi connectivity index (χ1n) is 12.8. The van der Waals surface area contributed by atoms with Gasteiger partial charge in [0.2, 0.25) is 5.91 Å². The van der Waals surface area contributed by atoms with Gasteiger partial charge >= 0.3 is 5.97 Å². The summed E-state index contributed by atoms with van der Waals surface area (Å²) in [5.41, 5.74) is 2.53. The van der Waals surface area contributed by atoms with Crippen molar-refractivity contribution >= 4 is 23.7 Å². The van der Waals surface area contributed by atoms with Gasteiger partial charge in [0.25, 0.3) is 11.8 Å². The summed E-state index contributed by atoms with van der Waals surface area (Å²) in [6.45, 7) is 0.683. The van der Waals surface area contributed by atoms with E-state index in [9.17, 15) is 19.2 Å². The molecule has 1 aliphatic rings. The van der Waals surface area contributed by atoms with E-state index < -0.39 is 23.3 Å². The molecule has 0 atom stereocenters. The van der Waals surface area contributed by atoms with Crippen molar-refractivity contribution in [2.24, 2.45) is 0 Å². The summed E-state index contributed by atoms with van der Waals surface area (Å²) >= 11 is 0. The third kappa shape index (κ3) is 6.33. The minimum Gasteiger partial charge on any atom is -0.356 e. The molecule has 0 aromatic heterocycles. The molecule has 4 rings (SSSR count). The van der Waals surface area contributed by atoms with Gasteiger partial charge in [0, 0.05) is 38.8 Å². The first kappa shape index (κ1) is 26.8. The highest BCUT2D eigenvalue weighted by Gasteiger charge is 2.36. The number of imide groups is 1. The van der Waals surface area contributed by atoms with E-state index in [4.69, 9.17) is 4.84 Å². The Kier molecular flexibility index (Phi) is 9.00. The van der Waals surface area contributed by atoms with E-state index in [1.807, 2.05) is 54.6 Å². The number of nitrogens with one attached hydrogen (secondary N) is 2. The lowest BCUT2D eigenvalue weighted by Crippen LogP contribution is -2.46. The Morgan fingerprint density at radius 1 is 0.711 bits per heavy atom. The molecule has 0 spiro atoms. The van der Waals surface area contributed by atoms with E-state index >= 15 is 0 Å². The van der Waals surface area contributed by atoms with Crippen LogP contribution in [0.1, 0.15) is 48.8 Å². The Morgan fingerprint density at radius 3 is 1.66 bits per heavy atom. The minimum absolute atomic E-state index is 0.0191. The summed E-state index contributed by atoms with van der Waals surface area (Å²) in [5.74, 6) is -1.86. The van der Waals surface area contributed by atoms with Gasteiger partial charge < -0.3 is 10.2 Å². The highest BCUT2D eigenvalue weighted by molar-refractivity contribution is 6.01. The van der Waals surface area contributed by atoms with Crippen molar-refractivity contribution in [3.05, 3.63) is 108 Å². The number of amides is 3. The Balaban J connectivity index is 1.35. The van der Waals surface area contributed by atoms with Crippen LogP contribution in [0.15, 0.2) is 91.0 Å². The average Bonchev–Trinajstić information content (AvgIpc) is 3.27. The minimum atomic E-state index is -0.678. The second-order valence-corrected chi connectivity index (χ2v) is 9.02. The van der Waals surface area contributed by atoms with Gasteiger partial charge in [0.1, 0.15) is 0 Å². The molecule has 0 saturated carbocycles. The van der Waals surface area contributed by atoms with E-state index in [2.05, 4.69) is 47.0 Å².